The van der Waals surface area contributed by atoms with E-state index in [4.69, 9.17) is 4.74 Å². The third-order valence-corrected chi connectivity index (χ3v) is 6.00. The third kappa shape index (κ3) is 3.53. The van der Waals surface area contributed by atoms with Gasteiger partial charge in [-0.3, -0.25) is 0 Å². The first-order chi connectivity index (χ1) is 12.0. The van der Waals surface area contributed by atoms with Gasteiger partial charge in [0.25, 0.3) is 0 Å². The van der Waals surface area contributed by atoms with Gasteiger partial charge in [0.15, 0.2) is 0 Å². The molecule has 1 aromatic carbocycles. The van der Waals surface area contributed by atoms with Gasteiger partial charge in [-0.15, -0.1) is 0 Å². The van der Waals surface area contributed by atoms with Gasteiger partial charge >= 0.3 is 6.03 Å². The second-order valence-corrected chi connectivity index (χ2v) is 8.05. The summed E-state index contributed by atoms with van der Waals surface area (Å²) in [4.78, 5) is 16.8. The smallest absolute Gasteiger partial charge is 0.322 e. The van der Waals surface area contributed by atoms with Gasteiger partial charge in [0.05, 0.1) is 19.2 Å². The molecular formula is C20H29N3O2. The van der Waals surface area contributed by atoms with E-state index in [9.17, 15) is 4.79 Å². The van der Waals surface area contributed by atoms with Crippen LogP contribution in [0.1, 0.15) is 36.8 Å². The van der Waals surface area contributed by atoms with Crippen molar-refractivity contribution in [3.63, 3.8) is 0 Å². The average molecular weight is 343 g/mol. The molecule has 4 rings (SSSR count). The molecular weight excluding hydrogens is 314 g/mol. The van der Waals surface area contributed by atoms with Crippen LogP contribution in [0.3, 0.4) is 0 Å². The van der Waals surface area contributed by atoms with E-state index in [0.717, 1.165) is 38.2 Å². The number of urea groups is 1. The molecule has 3 aliphatic rings. The van der Waals surface area contributed by atoms with Gasteiger partial charge in [-0.25, -0.2) is 4.79 Å². The van der Waals surface area contributed by atoms with Crippen LogP contribution in [0, 0.1) is 13.8 Å². The van der Waals surface area contributed by atoms with Crippen molar-refractivity contribution in [1.82, 2.24) is 9.80 Å². The van der Waals surface area contributed by atoms with Crippen LogP contribution in [0.2, 0.25) is 0 Å². The number of benzene rings is 1. The fraction of sp³-hybridized carbons (Fsp3) is 0.650. The SMILES string of the molecule is Cc1ccc(NC(=O)N2CC3(CC[C@H](CN4CCCC4)O3)C2)cc1C. The Morgan fingerprint density at radius 1 is 1.24 bits per heavy atom. The number of aryl methyl sites for hydroxylation is 2. The summed E-state index contributed by atoms with van der Waals surface area (Å²) in [5.41, 5.74) is 3.23. The van der Waals surface area contributed by atoms with Gasteiger partial charge in [-0.1, -0.05) is 6.07 Å². The van der Waals surface area contributed by atoms with Crippen molar-refractivity contribution in [3.05, 3.63) is 29.3 Å². The Labute approximate surface area is 150 Å². The molecule has 2 amide bonds. The highest BCUT2D eigenvalue weighted by Crippen LogP contribution is 2.38. The van der Waals surface area contributed by atoms with E-state index in [-0.39, 0.29) is 11.6 Å². The van der Waals surface area contributed by atoms with Gasteiger partial charge in [0.1, 0.15) is 5.60 Å². The molecule has 3 saturated heterocycles. The number of hydrogen-bond acceptors (Lipinski definition) is 3. The number of carbonyl (C=O) groups excluding carboxylic acids is 1. The van der Waals surface area contributed by atoms with Crippen molar-refractivity contribution in [2.24, 2.45) is 0 Å². The molecule has 3 aliphatic heterocycles. The van der Waals surface area contributed by atoms with Gasteiger partial charge in [-0.05, 0) is 75.9 Å². The number of rotatable bonds is 3. The molecule has 1 atom stereocenters. The fourth-order valence-corrected chi connectivity index (χ4v) is 4.32. The first-order valence-electron chi connectivity index (χ1n) is 9.56. The summed E-state index contributed by atoms with van der Waals surface area (Å²) in [6, 6.07) is 6.03. The molecule has 0 unspecified atom stereocenters. The first kappa shape index (κ1) is 16.9. The highest BCUT2D eigenvalue weighted by atomic mass is 16.5. The Hall–Kier alpha value is -1.59. The molecule has 25 heavy (non-hydrogen) atoms. The second-order valence-electron chi connectivity index (χ2n) is 8.05. The van der Waals surface area contributed by atoms with Gasteiger partial charge in [0.2, 0.25) is 0 Å². The molecule has 136 valence electrons. The van der Waals surface area contributed by atoms with E-state index in [2.05, 4.69) is 24.1 Å². The molecule has 0 radical (unpaired) electrons. The van der Waals surface area contributed by atoms with Gasteiger partial charge < -0.3 is 19.9 Å². The van der Waals surface area contributed by atoms with E-state index < -0.39 is 0 Å². The standard InChI is InChI=1S/C20H29N3O2/c1-15-5-6-17(11-16(15)2)21-19(24)23-13-20(14-23)8-7-18(25-20)12-22-9-3-4-10-22/h5-6,11,18H,3-4,7-10,12-14H2,1-2H3,(H,21,24)/t18-/m1/s1. The lowest BCUT2D eigenvalue weighted by Crippen LogP contribution is -2.64. The quantitative estimate of drug-likeness (QED) is 0.917. The number of nitrogens with zero attached hydrogens (tertiary/aromatic N) is 2. The Balaban J connectivity index is 1.26. The molecule has 5 nitrogen and oxygen atoms in total. The predicted molar refractivity (Wildman–Crippen MR) is 99.0 cm³/mol. The van der Waals surface area contributed by atoms with Crippen LogP contribution >= 0.6 is 0 Å². The normalized spacial score (nSPS) is 25.4. The summed E-state index contributed by atoms with van der Waals surface area (Å²) >= 11 is 0. The maximum absolute atomic E-state index is 12.4. The van der Waals surface area contributed by atoms with Crippen LogP contribution in [-0.2, 0) is 4.74 Å². The van der Waals surface area contributed by atoms with Crippen LogP contribution in [-0.4, -0.2) is 60.3 Å². The van der Waals surface area contributed by atoms with E-state index in [0.29, 0.717) is 6.10 Å². The molecule has 1 N–H and O–H groups in total. The van der Waals surface area contributed by atoms with Crippen molar-refractivity contribution < 1.29 is 9.53 Å². The Morgan fingerprint density at radius 2 is 2.00 bits per heavy atom. The summed E-state index contributed by atoms with van der Waals surface area (Å²) in [5, 5.41) is 3.01. The minimum Gasteiger partial charge on any atom is -0.367 e. The van der Waals surface area contributed by atoms with Crippen LogP contribution in [0.15, 0.2) is 18.2 Å². The highest BCUT2D eigenvalue weighted by molar-refractivity contribution is 5.90. The number of anilines is 1. The lowest BCUT2D eigenvalue weighted by atomic mass is 9.91. The van der Waals surface area contributed by atoms with E-state index in [1.54, 1.807) is 0 Å². The summed E-state index contributed by atoms with van der Waals surface area (Å²) in [5.74, 6) is 0. The first-order valence-corrected chi connectivity index (χ1v) is 9.56. The Bertz CT molecular complexity index is 648. The molecule has 5 heteroatoms. The van der Waals surface area contributed by atoms with Crippen molar-refractivity contribution in [2.45, 2.75) is 51.2 Å². The van der Waals surface area contributed by atoms with Crippen molar-refractivity contribution in [1.29, 1.82) is 0 Å². The molecule has 3 heterocycles. The van der Waals surface area contributed by atoms with Crippen LogP contribution in [0.4, 0.5) is 10.5 Å². The van der Waals surface area contributed by atoms with Crippen molar-refractivity contribution in [2.75, 3.05) is 38.0 Å². The fourth-order valence-electron chi connectivity index (χ4n) is 4.32. The number of carbonyl (C=O) groups is 1. The average Bonchev–Trinajstić information content (AvgIpc) is 3.20. The monoisotopic (exact) mass is 343 g/mol. The second kappa shape index (κ2) is 6.61. The maximum Gasteiger partial charge on any atom is 0.322 e. The minimum absolute atomic E-state index is 0.0135. The molecule has 3 fully saturated rings. The predicted octanol–water partition coefficient (Wildman–Crippen LogP) is 3.16. The Morgan fingerprint density at radius 3 is 2.72 bits per heavy atom. The van der Waals surface area contributed by atoms with Gasteiger partial charge in [-0.2, -0.15) is 0 Å². The molecule has 1 aromatic rings. The number of nitrogens with one attached hydrogen (secondary N) is 1. The van der Waals surface area contributed by atoms with E-state index in [1.165, 1.54) is 37.1 Å². The summed E-state index contributed by atoms with van der Waals surface area (Å²) in [6.07, 6.45) is 5.21. The summed E-state index contributed by atoms with van der Waals surface area (Å²) < 4.78 is 6.35. The molecule has 0 bridgehead atoms. The topological polar surface area (TPSA) is 44.8 Å². The number of ether oxygens (including phenoxy) is 1. The summed E-state index contributed by atoms with van der Waals surface area (Å²) in [6.45, 7) is 9.10. The minimum atomic E-state index is -0.0784. The molecule has 0 aliphatic carbocycles. The molecule has 1 spiro atoms. The lowest BCUT2D eigenvalue weighted by Gasteiger charge is -2.47. The zero-order valence-corrected chi connectivity index (χ0v) is 15.4. The largest absolute Gasteiger partial charge is 0.367 e. The molecule has 0 aromatic heterocycles. The zero-order valence-electron chi connectivity index (χ0n) is 15.4. The summed E-state index contributed by atoms with van der Waals surface area (Å²) in [7, 11) is 0. The zero-order chi connectivity index (χ0) is 17.4. The van der Waals surface area contributed by atoms with Crippen LogP contribution in [0.25, 0.3) is 0 Å². The van der Waals surface area contributed by atoms with E-state index >= 15 is 0 Å². The van der Waals surface area contributed by atoms with E-state index in [1.807, 2.05) is 23.1 Å². The van der Waals surface area contributed by atoms with Crippen molar-refractivity contribution >= 4 is 11.7 Å². The Kier molecular flexibility index (Phi) is 4.46. The lowest BCUT2D eigenvalue weighted by molar-refractivity contribution is -0.120. The molecule has 0 saturated carbocycles. The van der Waals surface area contributed by atoms with Gasteiger partial charge in [0, 0.05) is 12.2 Å². The number of hydrogen-bond donors (Lipinski definition) is 1. The van der Waals surface area contributed by atoms with Crippen LogP contribution in [0.5, 0.6) is 0 Å². The van der Waals surface area contributed by atoms with Crippen LogP contribution < -0.4 is 5.32 Å². The highest BCUT2D eigenvalue weighted by Gasteiger charge is 2.51. The van der Waals surface area contributed by atoms with Crippen molar-refractivity contribution in [3.8, 4) is 0 Å². The number of amides is 2. The number of likely N-dealkylation sites (tertiary alicyclic amines) is 2. The maximum atomic E-state index is 12.4. The third-order valence-electron chi connectivity index (χ3n) is 6.00.